The van der Waals surface area contributed by atoms with Gasteiger partial charge in [0.1, 0.15) is 11.4 Å². The number of amides is 2. The van der Waals surface area contributed by atoms with Crippen LogP contribution in [0.4, 0.5) is 11.4 Å². The van der Waals surface area contributed by atoms with Crippen molar-refractivity contribution in [2.45, 2.75) is 38.0 Å². The fourth-order valence-corrected chi connectivity index (χ4v) is 6.08. The first-order chi connectivity index (χ1) is 18.1. The predicted octanol–water partition coefficient (Wildman–Crippen LogP) is 5.82. The van der Waals surface area contributed by atoms with Crippen molar-refractivity contribution < 1.29 is 14.3 Å². The Hall–Kier alpha value is -3.10. The van der Waals surface area contributed by atoms with E-state index in [9.17, 15) is 9.59 Å². The van der Waals surface area contributed by atoms with E-state index in [2.05, 4.69) is 21.3 Å². The molecule has 2 amide bonds. The summed E-state index contributed by atoms with van der Waals surface area (Å²) < 4.78 is 5.61. The van der Waals surface area contributed by atoms with Crippen LogP contribution in [0.15, 0.2) is 53.9 Å². The van der Waals surface area contributed by atoms with E-state index in [0.29, 0.717) is 29.6 Å². The molecule has 1 N–H and O–H groups in total. The number of nitrogens with one attached hydrogen (secondary N) is 1. The monoisotopic (exact) mass is 538 g/mol. The van der Waals surface area contributed by atoms with Crippen LogP contribution < -0.4 is 15.0 Å². The second-order valence-electron chi connectivity index (χ2n) is 9.49. The van der Waals surface area contributed by atoms with Crippen molar-refractivity contribution in [3.63, 3.8) is 0 Å². The molecule has 2 aromatic carbocycles. The van der Waals surface area contributed by atoms with Crippen molar-refractivity contribution in [1.29, 1.82) is 0 Å². The Labute approximate surface area is 226 Å². The molecule has 2 aliphatic rings. The van der Waals surface area contributed by atoms with Crippen LogP contribution in [0.5, 0.6) is 5.75 Å². The summed E-state index contributed by atoms with van der Waals surface area (Å²) in [5, 5.41) is 6.45. The summed E-state index contributed by atoms with van der Waals surface area (Å²) in [5.74, 6) is 0.607. The summed E-state index contributed by atoms with van der Waals surface area (Å²) in [6.07, 6.45) is 5.25. The largest absolute Gasteiger partial charge is 0.484 e. The standard InChI is InChI=1S/C28H31ClN4O3S/c29-21-7-6-8-22(17-21)36-18-26(34)33-15-11-20(12-16-33)28-31-24(19-37-28)27(35)30-23-9-2-3-10-25(23)32-13-4-1-5-14-32/h2-3,6-10,17,19-20H,1,4-5,11-16,18H2,(H,30,35). The molecule has 0 bridgehead atoms. The fourth-order valence-electron chi connectivity index (χ4n) is 4.92. The number of benzene rings is 2. The average Bonchev–Trinajstić information content (AvgIpc) is 3.43. The molecule has 0 aliphatic carbocycles. The van der Waals surface area contributed by atoms with Gasteiger partial charge in [-0.2, -0.15) is 0 Å². The number of ether oxygens (including phenoxy) is 1. The molecule has 0 radical (unpaired) electrons. The van der Waals surface area contributed by atoms with Gasteiger partial charge in [-0.15, -0.1) is 11.3 Å². The van der Waals surface area contributed by atoms with Crippen LogP contribution in [-0.2, 0) is 4.79 Å². The number of carbonyl (C=O) groups excluding carboxylic acids is 2. The number of para-hydroxylation sites is 2. The van der Waals surface area contributed by atoms with Crippen LogP contribution in [0.3, 0.4) is 0 Å². The molecule has 2 aliphatic heterocycles. The zero-order valence-electron chi connectivity index (χ0n) is 20.7. The molecule has 194 valence electrons. The third kappa shape index (κ3) is 6.43. The fraction of sp³-hybridized carbons (Fsp3) is 0.393. The zero-order chi connectivity index (χ0) is 25.6. The maximum Gasteiger partial charge on any atom is 0.275 e. The number of anilines is 2. The van der Waals surface area contributed by atoms with Crippen LogP contribution >= 0.6 is 22.9 Å². The lowest BCUT2D eigenvalue weighted by Gasteiger charge is -2.31. The lowest BCUT2D eigenvalue weighted by Crippen LogP contribution is -2.40. The maximum absolute atomic E-state index is 13.0. The normalized spacial score (nSPS) is 16.5. The summed E-state index contributed by atoms with van der Waals surface area (Å²) in [4.78, 5) is 34.5. The zero-order valence-corrected chi connectivity index (χ0v) is 22.3. The highest BCUT2D eigenvalue weighted by Gasteiger charge is 2.27. The van der Waals surface area contributed by atoms with E-state index in [0.717, 1.165) is 42.3 Å². The Balaban J connectivity index is 1.14. The van der Waals surface area contributed by atoms with Crippen LogP contribution in [0.2, 0.25) is 5.02 Å². The van der Waals surface area contributed by atoms with Gasteiger partial charge in [-0.25, -0.2) is 4.98 Å². The molecule has 0 spiro atoms. The number of likely N-dealkylation sites (tertiary alicyclic amines) is 1. The molecule has 7 nitrogen and oxygen atoms in total. The molecular formula is C28H31ClN4O3S. The number of thiazole rings is 1. The lowest BCUT2D eigenvalue weighted by atomic mass is 9.97. The summed E-state index contributed by atoms with van der Waals surface area (Å²) in [5.41, 5.74) is 2.35. The topological polar surface area (TPSA) is 74.8 Å². The van der Waals surface area contributed by atoms with Gasteiger partial charge in [-0.3, -0.25) is 9.59 Å². The molecule has 0 saturated carbocycles. The third-order valence-corrected chi connectivity index (χ3v) is 8.20. The van der Waals surface area contributed by atoms with Gasteiger partial charge in [-0.1, -0.05) is 29.8 Å². The molecule has 1 aromatic heterocycles. The molecule has 2 fully saturated rings. The quantitative estimate of drug-likeness (QED) is 0.410. The Morgan fingerprint density at radius 1 is 1.03 bits per heavy atom. The Kier molecular flexibility index (Phi) is 8.26. The first kappa shape index (κ1) is 25.5. The maximum atomic E-state index is 13.0. The van der Waals surface area contributed by atoms with Crippen molar-refractivity contribution in [3.05, 3.63) is 69.6 Å². The van der Waals surface area contributed by atoms with Crippen LogP contribution in [0.25, 0.3) is 0 Å². The Bertz CT molecular complexity index is 1240. The van der Waals surface area contributed by atoms with E-state index in [1.165, 1.54) is 30.6 Å². The molecule has 0 atom stereocenters. The van der Waals surface area contributed by atoms with Gasteiger partial charge in [0.15, 0.2) is 6.61 Å². The minimum absolute atomic E-state index is 0.00845. The highest BCUT2D eigenvalue weighted by Crippen LogP contribution is 2.32. The van der Waals surface area contributed by atoms with Crippen molar-refractivity contribution in [3.8, 4) is 5.75 Å². The number of hydrogen-bond acceptors (Lipinski definition) is 6. The summed E-state index contributed by atoms with van der Waals surface area (Å²) in [7, 11) is 0. The lowest BCUT2D eigenvalue weighted by molar-refractivity contribution is -0.134. The molecule has 37 heavy (non-hydrogen) atoms. The van der Waals surface area contributed by atoms with Gasteiger partial charge >= 0.3 is 0 Å². The molecular weight excluding hydrogens is 508 g/mol. The van der Waals surface area contributed by atoms with Gasteiger partial charge in [-0.05, 0) is 62.4 Å². The average molecular weight is 539 g/mol. The molecule has 3 heterocycles. The number of rotatable bonds is 7. The second kappa shape index (κ2) is 12.0. The summed E-state index contributed by atoms with van der Waals surface area (Å²) in [6, 6.07) is 15.0. The van der Waals surface area contributed by atoms with Crippen molar-refractivity contribution in [2.24, 2.45) is 0 Å². The minimum Gasteiger partial charge on any atom is -0.484 e. The van der Waals surface area contributed by atoms with Crippen LogP contribution in [0.1, 0.15) is 53.5 Å². The molecule has 3 aromatic rings. The van der Waals surface area contributed by atoms with E-state index < -0.39 is 0 Å². The number of halogens is 1. The van der Waals surface area contributed by atoms with E-state index in [-0.39, 0.29) is 24.3 Å². The van der Waals surface area contributed by atoms with Crippen molar-refractivity contribution in [1.82, 2.24) is 9.88 Å². The van der Waals surface area contributed by atoms with Gasteiger partial charge in [0.25, 0.3) is 11.8 Å². The van der Waals surface area contributed by atoms with Gasteiger partial charge in [0.05, 0.1) is 16.4 Å². The van der Waals surface area contributed by atoms with E-state index in [1.54, 1.807) is 24.3 Å². The summed E-state index contributed by atoms with van der Waals surface area (Å²) in [6.45, 7) is 3.31. The first-order valence-corrected chi connectivity index (χ1v) is 14.1. The van der Waals surface area contributed by atoms with E-state index >= 15 is 0 Å². The van der Waals surface area contributed by atoms with Crippen molar-refractivity contribution in [2.75, 3.05) is 43.0 Å². The van der Waals surface area contributed by atoms with E-state index in [1.807, 2.05) is 28.5 Å². The third-order valence-electron chi connectivity index (χ3n) is 6.96. The van der Waals surface area contributed by atoms with Crippen LogP contribution in [-0.4, -0.2) is 54.5 Å². The predicted molar refractivity (Wildman–Crippen MR) is 148 cm³/mol. The number of hydrogen-bond donors (Lipinski definition) is 1. The van der Waals surface area contributed by atoms with Gasteiger partial charge < -0.3 is 19.9 Å². The number of carbonyl (C=O) groups is 2. The molecule has 5 rings (SSSR count). The first-order valence-electron chi connectivity index (χ1n) is 12.8. The van der Waals surface area contributed by atoms with Gasteiger partial charge in [0.2, 0.25) is 0 Å². The van der Waals surface area contributed by atoms with E-state index in [4.69, 9.17) is 16.3 Å². The molecule has 0 unspecified atom stereocenters. The molecule has 9 heteroatoms. The smallest absolute Gasteiger partial charge is 0.275 e. The highest BCUT2D eigenvalue weighted by atomic mass is 35.5. The van der Waals surface area contributed by atoms with Crippen molar-refractivity contribution >= 4 is 46.1 Å². The SMILES string of the molecule is O=C(Nc1ccccc1N1CCCCC1)c1csc(C2CCN(C(=O)COc3cccc(Cl)c3)CC2)n1. The summed E-state index contributed by atoms with van der Waals surface area (Å²) >= 11 is 7.50. The minimum atomic E-state index is -0.183. The highest BCUT2D eigenvalue weighted by molar-refractivity contribution is 7.10. The second-order valence-corrected chi connectivity index (χ2v) is 10.8. The van der Waals surface area contributed by atoms with Crippen LogP contribution in [0, 0.1) is 0 Å². The Morgan fingerprint density at radius 2 is 1.81 bits per heavy atom. The Morgan fingerprint density at radius 3 is 2.59 bits per heavy atom. The van der Waals surface area contributed by atoms with Gasteiger partial charge in [0, 0.05) is 42.5 Å². The number of piperidine rings is 2. The molecule has 2 saturated heterocycles. The number of nitrogens with zero attached hydrogens (tertiary/aromatic N) is 3. The number of aromatic nitrogens is 1.